The summed E-state index contributed by atoms with van der Waals surface area (Å²) in [5.41, 5.74) is 2.64. The number of halogens is 1. The second kappa shape index (κ2) is 8.96. The number of benzene rings is 2. The molecule has 3 aromatic rings. The van der Waals surface area contributed by atoms with Crippen molar-refractivity contribution in [2.24, 2.45) is 27.8 Å². The van der Waals surface area contributed by atoms with Crippen molar-refractivity contribution in [1.29, 1.82) is 0 Å². The zero-order valence-electron chi connectivity index (χ0n) is 17.9. The predicted octanol–water partition coefficient (Wildman–Crippen LogP) is 6.17. The summed E-state index contributed by atoms with van der Waals surface area (Å²) in [6.45, 7) is 0. The van der Waals surface area contributed by atoms with Crippen molar-refractivity contribution < 1.29 is 9.47 Å². The normalized spacial score (nSPS) is 22.2. The molecule has 0 amide bonds. The van der Waals surface area contributed by atoms with Gasteiger partial charge in [-0.1, -0.05) is 23.8 Å². The number of hydrogen-bond donors (Lipinski definition) is 0. The van der Waals surface area contributed by atoms with Crippen LogP contribution < -0.4 is 14.3 Å². The summed E-state index contributed by atoms with van der Waals surface area (Å²) in [7, 11) is 3.33. The number of thiazole rings is 1. The first-order valence-corrected chi connectivity index (χ1v) is 11.9. The number of nitrogens with zero attached hydrogens (tertiary/aromatic N) is 3. The van der Waals surface area contributed by atoms with E-state index in [9.17, 15) is 0 Å². The van der Waals surface area contributed by atoms with E-state index in [0.29, 0.717) is 22.8 Å². The maximum atomic E-state index is 6.05. The average Bonchev–Trinajstić information content (AvgIpc) is 3.55. The van der Waals surface area contributed by atoms with Crippen molar-refractivity contribution in [2.45, 2.75) is 12.8 Å². The van der Waals surface area contributed by atoms with Crippen LogP contribution in [0.2, 0.25) is 5.02 Å². The maximum absolute atomic E-state index is 6.05. The van der Waals surface area contributed by atoms with Crippen LogP contribution in [0.15, 0.2) is 70.1 Å². The summed E-state index contributed by atoms with van der Waals surface area (Å²) < 4.78 is 13.0. The molecular weight excluding hydrogens is 442 g/mol. The number of fused-ring (bicyclic) bond motifs is 2. The topological polar surface area (TPSA) is 48.1 Å². The highest BCUT2D eigenvalue weighted by Crippen LogP contribution is 2.42. The van der Waals surface area contributed by atoms with E-state index in [-0.39, 0.29) is 0 Å². The number of aromatic nitrogens is 1. The number of ether oxygens (including phenoxy) is 2. The van der Waals surface area contributed by atoms with Gasteiger partial charge in [0, 0.05) is 28.1 Å². The fourth-order valence-electron chi connectivity index (χ4n) is 4.46. The molecule has 1 fully saturated rings. The van der Waals surface area contributed by atoms with Crippen LogP contribution in [0, 0.1) is 17.8 Å². The van der Waals surface area contributed by atoms with Crippen LogP contribution in [-0.2, 0) is 0 Å². The molecule has 2 aliphatic carbocycles. The molecule has 1 saturated carbocycles. The minimum absolute atomic E-state index is 0.459. The van der Waals surface area contributed by atoms with E-state index in [2.05, 4.69) is 23.7 Å². The molecule has 5 nitrogen and oxygen atoms in total. The Balaban J connectivity index is 1.62. The van der Waals surface area contributed by atoms with Gasteiger partial charge in [0.05, 0.1) is 25.6 Å². The van der Waals surface area contributed by atoms with Crippen molar-refractivity contribution in [1.82, 2.24) is 4.68 Å². The number of rotatable bonds is 6. The molecule has 0 N–H and O–H groups in total. The van der Waals surface area contributed by atoms with Gasteiger partial charge in [-0.3, -0.25) is 0 Å². The highest BCUT2D eigenvalue weighted by molar-refractivity contribution is 7.07. The molecule has 2 aliphatic rings. The Morgan fingerprint density at radius 2 is 1.91 bits per heavy atom. The van der Waals surface area contributed by atoms with Gasteiger partial charge in [0.1, 0.15) is 11.5 Å². The molecule has 3 atom stereocenters. The van der Waals surface area contributed by atoms with Crippen molar-refractivity contribution in [3.8, 4) is 22.8 Å². The zero-order valence-corrected chi connectivity index (χ0v) is 19.5. The van der Waals surface area contributed by atoms with Crippen molar-refractivity contribution in [3.05, 3.63) is 69.8 Å². The monoisotopic (exact) mass is 465 g/mol. The molecule has 0 aliphatic heterocycles. The Morgan fingerprint density at radius 1 is 1.06 bits per heavy atom. The Bertz CT molecular complexity index is 1240. The van der Waals surface area contributed by atoms with Gasteiger partial charge in [-0.15, -0.1) is 11.3 Å². The second-order valence-corrected chi connectivity index (χ2v) is 9.35. The number of methoxy groups -OCH3 is 2. The summed E-state index contributed by atoms with van der Waals surface area (Å²) in [4.78, 5) is 5.62. The van der Waals surface area contributed by atoms with Crippen LogP contribution in [-0.4, -0.2) is 25.1 Å². The van der Waals surface area contributed by atoms with Crippen LogP contribution in [0.5, 0.6) is 11.5 Å². The van der Waals surface area contributed by atoms with Crippen LogP contribution in [0.1, 0.15) is 12.8 Å². The molecule has 7 heteroatoms. The van der Waals surface area contributed by atoms with E-state index in [0.717, 1.165) is 39.7 Å². The Kier molecular flexibility index (Phi) is 5.89. The molecule has 1 heterocycles. The lowest BCUT2D eigenvalue weighted by molar-refractivity contribution is 0.404. The predicted molar refractivity (Wildman–Crippen MR) is 130 cm³/mol. The summed E-state index contributed by atoms with van der Waals surface area (Å²) in [5.74, 6) is 3.26. The van der Waals surface area contributed by atoms with Gasteiger partial charge in [-0.25, -0.2) is 9.67 Å². The maximum Gasteiger partial charge on any atom is 0.211 e. The quantitative estimate of drug-likeness (QED) is 0.323. The molecular formula is C25H24ClN3O2S. The molecule has 5 rings (SSSR count). The lowest BCUT2D eigenvalue weighted by Gasteiger charge is -2.13. The minimum atomic E-state index is 0.459. The van der Waals surface area contributed by atoms with E-state index >= 15 is 0 Å². The summed E-state index contributed by atoms with van der Waals surface area (Å²) >= 11 is 7.59. The van der Waals surface area contributed by atoms with Gasteiger partial charge in [0.25, 0.3) is 0 Å². The van der Waals surface area contributed by atoms with E-state index in [1.54, 1.807) is 14.2 Å². The largest absolute Gasteiger partial charge is 0.497 e. The van der Waals surface area contributed by atoms with Gasteiger partial charge in [0.2, 0.25) is 4.80 Å². The van der Waals surface area contributed by atoms with E-state index in [4.69, 9.17) is 31.2 Å². The highest BCUT2D eigenvalue weighted by Gasteiger charge is 2.34. The fourth-order valence-corrected chi connectivity index (χ4v) is 5.43. The minimum Gasteiger partial charge on any atom is -0.497 e. The van der Waals surface area contributed by atoms with Crippen molar-refractivity contribution in [2.75, 3.05) is 14.2 Å². The lowest BCUT2D eigenvalue weighted by Crippen LogP contribution is -2.15. The summed E-state index contributed by atoms with van der Waals surface area (Å²) in [6, 6.07) is 13.3. The van der Waals surface area contributed by atoms with Crippen LogP contribution >= 0.6 is 22.9 Å². The molecule has 3 unspecified atom stereocenters. The second-order valence-electron chi connectivity index (χ2n) is 8.08. The molecule has 1 aromatic heterocycles. The summed E-state index contributed by atoms with van der Waals surface area (Å²) in [6.07, 6.45) is 9.19. The van der Waals surface area contributed by atoms with E-state index in [1.807, 2.05) is 47.1 Å². The van der Waals surface area contributed by atoms with Crippen molar-refractivity contribution >= 4 is 34.8 Å². The van der Waals surface area contributed by atoms with E-state index < -0.39 is 0 Å². The fraction of sp³-hybridized carbons (Fsp3) is 0.280. The van der Waals surface area contributed by atoms with Crippen LogP contribution in [0.3, 0.4) is 0 Å². The third kappa shape index (κ3) is 4.12. The van der Waals surface area contributed by atoms with Gasteiger partial charge in [-0.05, 0) is 67.1 Å². The first kappa shape index (κ1) is 21.0. The highest BCUT2D eigenvalue weighted by atomic mass is 35.5. The van der Waals surface area contributed by atoms with Gasteiger partial charge in [-0.2, -0.15) is 5.10 Å². The Labute approximate surface area is 196 Å². The zero-order chi connectivity index (χ0) is 22.1. The van der Waals surface area contributed by atoms with Crippen molar-refractivity contribution in [3.63, 3.8) is 0 Å². The van der Waals surface area contributed by atoms with E-state index in [1.165, 1.54) is 17.8 Å². The molecule has 0 radical (unpaired) electrons. The first-order chi connectivity index (χ1) is 15.6. The average molecular weight is 466 g/mol. The molecule has 0 saturated heterocycles. The molecule has 0 spiro atoms. The van der Waals surface area contributed by atoms with Crippen LogP contribution in [0.4, 0.5) is 5.69 Å². The SMILES string of the molecule is COc1ccc(OC)c(-c2csc(=Nc3ccc(Cl)cc3)n2N=CC2CC3C=CC2C3)c1. The number of hydrogen-bond acceptors (Lipinski definition) is 5. The lowest BCUT2D eigenvalue weighted by atomic mass is 9.95. The molecule has 32 heavy (non-hydrogen) atoms. The standard InChI is InChI=1S/C25H24ClN3O2S/c1-30-21-9-10-24(31-2)22(13-21)23-15-32-25(28-20-7-5-19(26)6-8-20)29(23)27-14-18-12-16-3-4-17(18)11-16/h3-10,13-18H,11-12H2,1-2H3. The third-order valence-electron chi connectivity index (χ3n) is 6.12. The molecule has 2 bridgehead atoms. The number of allylic oxidation sites excluding steroid dienone is 2. The third-order valence-corrected chi connectivity index (χ3v) is 7.19. The Morgan fingerprint density at radius 3 is 2.59 bits per heavy atom. The van der Waals surface area contributed by atoms with Crippen LogP contribution in [0.25, 0.3) is 11.3 Å². The Hall–Kier alpha value is -2.83. The first-order valence-electron chi connectivity index (χ1n) is 10.6. The van der Waals surface area contributed by atoms with Gasteiger partial charge in [0.15, 0.2) is 0 Å². The molecule has 164 valence electrons. The smallest absolute Gasteiger partial charge is 0.211 e. The van der Waals surface area contributed by atoms with Gasteiger partial charge < -0.3 is 9.47 Å². The molecule has 2 aromatic carbocycles. The van der Waals surface area contributed by atoms with Gasteiger partial charge >= 0.3 is 0 Å². The summed E-state index contributed by atoms with van der Waals surface area (Å²) in [5, 5.41) is 7.69.